The van der Waals surface area contributed by atoms with Crippen molar-refractivity contribution in [2.24, 2.45) is 11.7 Å². The molecule has 2 nitrogen and oxygen atoms in total. The van der Waals surface area contributed by atoms with Gasteiger partial charge in [-0.1, -0.05) is 19.8 Å². The zero-order chi connectivity index (χ0) is 12.3. The van der Waals surface area contributed by atoms with E-state index in [0.29, 0.717) is 0 Å². The third kappa shape index (κ3) is 3.52. The van der Waals surface area contributed by atoms with Crippen molar-refractivity contribution in [1.29, 1.82) is 0 Å². The molecule has 1 aliphatic rings. The number of hydrogen-bond donors (Lipinski definition) is 1. The predicted octanol–water partition coefficient (Wildman–Crippen LogP) is 3.68. The average molecular weight is 252 g/mol. The summed E-state index contributed by atoms with van der Waals surface area (Å²) in [7, 11) is 0. The molecule has 2 rings (SSSR count). The van der Waals surface area contributed by atoms with Crippen molar-refractivity contribution in [3.63, 3.8) is 0 Å². The van der Waals surface area contributed by atoms with Crippen LogP contribution < -0.4 is 5.73 Å². The van der Waals surface area contributed by atoms with Gasteiger partial charge in [-0.3, -0.25) is 0 Å². The largest absolute Gasteiger partial charge is 0.325 e. The van der Waals surface area contributed by atoms with E-state index in [9.17, 15) is 0 Å². The first-order valence-electron chi connectivity index (χ1n) is 6.81. The van der Waals surface area contributed by atoms with Gasteiger partial charge >= 0.3 is 0 Å². The van der Waals surface area contributed by atoms with Crippen molar-refractivity contribution in [2.45, 2.75) is 64.3 Å². The van der Waals surface area contributed by atoms with Gasteiger partial charge in [0.05, 0.1) is 10.7 Å². The highest BCUT2D eigenvalue weighted by molar-refractivity contribution is 7.09. The lowest BCUT2D eigenvalue weighted by atomic mass is 9.74. The molecule has 1 saturated carbocycles. The normalized spacial score (nSPS) is 29.5. The highest BCUT2D eigenvalue weighted by Crippen LogP contribution is 2.34. The monoisotopic (exact) mass is 252 g/mol. The first-order valence-corrected chi connectivity index (χ1v) is 7.69. The molecule has 96 valence electrons. The average Bonchev–Trinajstić information content (AvgIpc) is 2.68. The van der Waals surface area contributed by atoms with Gasteiger partial charge in [-0.2, -0.15) is 0 Å². The number of rotatable bonds is 4. The maximum absolute atomic E-state index is 6.52. The molecule has 1 heterocycles. The van der Waals surface area contributed by atoms with Gasteiger partial charge in [0.25, 0.3) is 0 Å². The molecule has 0 bridgehead atoms. The van der Waals surface area contributed by atoms with E-state index in [0.717, 1.165) is 17.3 Å². The quantitative estimate of drug-likeness (QED) is 0.887. The van der Waals surface area contributed by atoms with Crippen LogP contribution in [0, 0.1) is 12.8 Å². The highest BCUT2D eigenvalue weighted by atomic mass is 32.1. The number of hydrogen-bond acceptors (Lipinski definition) is 3. The molecule has 0 aliphatic heterocycles. The van der Waals surface area contributed by atoms with Crippen molar-refractivity contribution in [3.8, 4) is 0 Å². The molecule has 0 saturated heterocycles. The van der Waals surface area contributed by atoms with Crippen molar-refractivity contribution < 1.29 is 0 Å². The molecule has 0 spiro atoms. The van der Waals surface area contributed by atoms with Gasteiger partial charge in [0, 0.05) is 17.3 Å². The van der Waals surface area contributed by atoms with Crippen LogP contribution in [0.15, 0.2) is 5.38 Å². The molecule has 0 atom stereocenters. The molecule has 0 radical (unpaired) electrons. The second kappa shape index (κ2) is 5.49. The minimum Gasteiger partial charge on any atom is -0.325 e. The van der Waals surface area contributed by atoms with Crippen LogP contribution in [0.25, 0.3) is 0 Å². The van der Waals surface area contributed by atoms with Crippen molar-refractivity contribution in [1.82, 2.24) is 4.98 Å². The van der Waals surface area contributed by atoms with Crippen LogP contribution in [-0.2, 0) is 6.42 Å². The molecule has 0 amide bonds. The molecule has 0 aromatic carbocycles. The second-order valence-electron chi connectivity index (χ2n) is 5.63. The van der Waals surface area contributed by atoms with Crippen LogP contribution in [0.1, 0.15) is 56.2 Å². The van der Waals surface area contributed by atoms with Gasteiger partial charge in [-0.05, 0) is 38.5 Å². The van der Waals surface area contributed by atoms with Gasteiger partial charge in [-0.25, -0.2) is 4.98 Å². The molecule has 0 unspecified atom stereocenters. The number of thiazole rings is 1. The Balaban J connectivity index is 1.89. The molecule has 17 heavy (non-hydrogen) atoms. The Kier molecular flexibility index (Phi) is 4.21. The number of nitrogens with two attached hydrogens (primary N) is 1. The molecule has 2 N–H and O–H groups in total. The predicted molar refractivity (Wildman–Crippen MR) is 74.3 cm³/mol. The summed E-state index contributed by atoms with van der Waals surface area (Å²) >= 11 is 1.73. The molecular weight excluding hydrogens is 228 g/mol. The molecule has 1 aromatic heterocycles. The zero-order valence-corrected chi connectivity index (χ0v) is 11.9. The van der Waals surface area contributed by atoms with E-state index in [4.69, 9.17) is 5.73 Å². The van der Waals surface area contributed by atoms with E-state index < -0.39 is 0 Å². The van der Waals surface area contributed by atoms with Gasteiger partial charge in [0.2, 0.25) is 0 Å². The molecule has 3 heteroatoms. The number of nitrogens with zero attached hydrogens (tertiary/aromatic N) is 1. The fourth-order valence-corrected chi connectivity index (χ4v) is 3.59. The zero-order valence-electron chi connectivity index (χ0n) is 11.0. The van der Waals surface area contributed by atoms with Crippen LogP contribution in [0.2, 0.25) is 0 Å². The molecule has 1 fully saturated rings. The topological polar surface area (TPSA) is 38.9 Å². The van der Waals surface area contributed by atoms with E-state index in [-0.39, 0.29) is 5.54 Å². The Morgan fingerprint density at radius 3 is 2.71 bits per heavy atom. The minimum absolute atomic E-state index is 0.0186. The molecule has 1 aliphatic carbocycles. The molecular formula is C14H24N2S. The van der Waals surface area contributed by atoms with Gasteiger partial charge in [0.1, 0.15) is 0 Å². The lowest BCUT2D eigenvalue weighted by Crippen LogP contribution is -2.45. The smallest absolute Gasteiger partial charge is 0.0897 e. The number of aromatic nitrogens is 1. The molecule has 1 aromatic rings. The Morgan fingerprint density at radius 2 is 2.18 bits per heavy atom. The summed E-state index contributed by atoms with van der Waals surface area (Å²) in [5, 5.41) is 3.32. The van der Waals surface area contributed by atoms with Crippen molar-refractivity contribution in [3.05, 3.63) is 16.1 Å². The van der Waals surface area contributed by atoms with Crippen LogP contribution in [0.3, 0.4) is 0 Å². The van der Waals surface area contributed by atoms with E-state index in [1.165, 1.54) is 44.2 Å². The maximum Gasteiger partial charge on any atom is 0.0897 e. The fourth-order valence-electron chi connectivity index (χ4n) is 2.98. The Labute approximate surface area is 109 Å². The summed E-state index contributed by atoms with van der Waals surface area (Å²) in [4.78, 5) is 4.54. The van der Waals surface area contributed by atoms with Crippen LogP contribution >= 0.6 is 11.3 Å². The van der Waals surface area contributed by atoms with Crippen LogP contribution in [0.5, 0.6) is 0 Å². The lowest BCUT2D eigenvalue weighted by molar-refractivity contribution is 0.222. The Bertz CT molecular complexity index is 351. The first kappa shape index (κ1) is 13.0. The summed E-state index contributed by atoms with van der Waals surface area (Å²) in [5.74, 6) is 0.925. The summed E-state index contributed by atoms with van der Waals surface area (Å²) in [5.41, 5.74) is 7.74. The standard InChI is InChI=1S/C14H24N2S/c1-3-4-12-5-7-14(15,8-6-12)9-13-10-17-11(2)16-13/h10,12H,3-9,15H2,1-2H3. The van der Waals surface area contributed by atoms with Crippen molar-refractivity contribution in [2.75, 3.05) is 0 Å². The van der Waals surface area contributed by atoms with Gasteiger partial charge < -0.3 is 5.73 Å². The van der Waals surface area contributed by atoms with Crippen LogP contribution in [0.4, 0.5) is 0 Å². The second-order valence-corrected chi connectivity index (χ2v) is 6.69. The van der Waals surface area contributed by atoms with Crippen LogP contribution in [-0.4, -0.2) is 10.5 Å². The minimum atomic E-state index is 0.0186. The SMILES string of the molecule is CCCC1CCC(N)(Cc2csc(C)n2)CC1. The maximum atomic E-state index is 6.52. The third-order valence-electron chi connectivity index (χ3n) is 4.00. The van der Waals surface area contributed by atoms with E-state index in [1.807, 2.05) is 0 Å². The fraction of sp³-hybridized carbons (Fsp3) is 0.786. The summed E-state index contributed by atoms with van der Waals surface area (Å²) in [6.07, 6.45) is 8.64. The third-order valence-corrected chi connectivity index (χ3v) is 4.82. The van der Waals surface area contributed by atoms with Crippen molar-refractivity contribution >= 4 is 11.3 Å². The summed E-state index contributed by atoms with van der Waals surface area (Å²) in [6.45, 7) is 4.35. The highest BCUT2D eigenvalue weighted by Gasteiger charge is 2.31. The summed E-state index contributed by atoms with van der Waals surface area (Å²) in [6, 6.07) is 0. The Hall–Kier alpha value is -0.410. The van der Waals surface area contributed by atoms with E-state index in [1.54, 1.807) is 11.3 Å². The summed E-state index contributed by atoms with van der Waals surface area (Å²) < 4.78 is 0. The van der Waals surface area contributed by atoms with Gasteiger partial charge in [-0.15, -0.1) is 11.3 Å². The van der Waals surface area contributed by atoms with E-state index >= 15 is 0 Å². The Morgan fingerprint density at radius 1 is 1.47 bits per heavy atom. The van der Waals surface area contributed by atoms with E-state index in [2.05, 4.69) is 24.2 Å². The number of aryl methyl sites for hydroxylation is 1. The lowest BCUT2D eigenvalue weighted by Gasteiger charge is -2.37. The van der Waals surface area contributed by atoms with Gasteiger partial charge in [0.15, 0.2) is 0 Å². The first-order chi connectivity index (χ1) is 8.11.